The van der Waals surface area contributed by atoms with Gasteiger partial charge < -0.3 is 14.6 Å². The Kier molecular flexibility index (Phi) is 4.09. The van der Waals surface area contributed by atoms with Crippen molar-refractivity contribution in [2.75, 3.05) is 19.8 Å². The van der Waals surface area contributed by atoms with Crippen molar-refractivity contribution < 1.29 is 14.6 Å². The van der Waals surface area contributed by atoms with Crippen molar-refractivity contribution in [2.24, 2.45) is 0 Å². The third kappa shape index (κ3) is 3.22. The minimum atomic E-state index is -0.238. The van der Waals surface area contributed by atoms with Gasteiger partial charge in [-0.2, -0.15) is 0 Å². The van der Waals surface area contributed by atoms with E-state index in [0.717, 1.165) is 6.42 Å². The van der Waals surface area contributed by atoms with Crippen LogP contribution in [0.3, 0.4) is 0 Å². The molecule has 0 spiro atoms. The molecule has 0 saturated carbocycles. The summed E-state index contributed by atoms with van der Waals surface area (Å²) in [5.41, 5.74) is 0. The fraction of sp³-hybridized carbons (Fsp3) is 0.778. The van der Waals surface area contributed by atoms with Gasteiger partial charge in [0.2, 0.25) is 0 Å². The molecule has 1 heterocycles. The van der Waals surface area contributed by atoms with Gasteiger partial charge in [0.25, 0.3) is 0 Å². The topological polar surface area (TPSA) is 38.7 Å². The van der Waals surface area contributed by atoms with Crippen LogP contribution in [-0.4, -0.2) is 37.1 Å². The number of rotatable bonds is 3. The minimum Gasteiger partial charge on any atom is -0.393 e. The molecule has 2 atom stereocenters. The van der Waals surface area contributed by atoms with Crippen molar-refractivity contribution in [1.29, 1.82) is 0 Å². The van der Waals surface area contributed by atoms with Crippen molar-refractivity contribution in [3.05, 3.63) is 0 Å². The Morgan fingerprint density at radius 3 is 3.17 bits per heavy atom. The number of hydrogen-bond donors (Lipinski definition) is 1. The van der Waals surface area contributed by atoms with E-state index in [2.05, 4.69) is 5.92 Å². The first kappa shape index (κ1) is 9.53. The third-order valence-electron chi connectivity index (χ3n) is 1.83. The summed E-state index contributed by atoms with van der Waals surface area (Å²) < 4.78 is 10.4. The fourth-order valence-electron chi connectivity index (χ4n) is 1.23. The molecule has 1 N–H and O–H groups in total. The number of hydrogen-bond acceptors (Lipinski definition) is 3. The van der Waals surface area contributed by atoms with Crippen LogP contribution >= 0.6 is 0 Å². The summed E-state index contributed by atoms with van der Waals surface area (Å²) in [7, 11) is 0. The molecule has 3 heteroatoms. The molecule has 3 nitrogen and oxygen atoms in total. The summed E-state index contributed by atoms with van der Waals surface area (Å²) in [4.78, 5) is 0. The molecule has 0 bridgehead atoms. The van der Waals surface area contributed by atoms with Crippen LogP contribution < -0.4 is 0 Å². The highest BCUT2D eigenvalue weighted by molar-refractivity contribution is 4.83. The second kappa shape index (κ2) is 5.15. The highest BCUT2D eigenvalue weighted by Crippen LogP contribution is 2.13. The minimum absolute atomic E-state index is 0.0158. The summed E-state index contributed by atoms with van der Waals surface area (Å²) in [6.45, 7) is 1.42. The molecule has 1 aliphatic heterocycles. The molecule has 12 heavy (non-hydrogen) atoms. The van der Waals surface area contributed by atoms with E-state index in [4.69, 9.17) is 15.9 Å². The maximum atomic E-state index is 9.26. The van der Waals surface area contributed by atoms with Crippen molar-refractivity contribution in [1.82, 2.24) is 0 Å². The van der Waals surface area contributed by atoms with Gasteiger partial charge in [-0.3, -0.25) is 0 Å². The van der Waals surface area contributed by atoms with Gasteiger partial charge in [-0.15, -0.1) is 6.42 Å². The summed E-state index contributed by atoms with van der Waals surface area (Å²) in [5.74, 6) is 2.38. The van der Waals surface area contributed by atoms with Gasteiger partial charge in [0.15, 0.2) is 0 Å². The van der Waals surface area contributed by atoms with Crippen molar-refractivity contribution in [3.63, 3.8) is 0 Å². The van der Waals surface area contributed by atoms with Crippen LogP contribution in [0.4, 0.5) is 0 Å². The highest BCUT2D eigenvalue weighted by atomic mass is 16.5. The second-order valence-electron chi connectivity index (χ2n) is 2.89. The van der Waals surface area contributed by atoms with Crippen LogP contribution in [-0.2, 0) is 9.47 Å². The first-order valence-electron chi connectivity index (χ1n) is 4.14. The number of ether oxygens (including phenoxy) is 2. The molecule has 1 fully saturated rings. The van der Waals surface area contributed by atoms with E-state index in [1.165, 1.54) is 0 Å². The normalized spacial score (nSPS) is 29.7. The van der Waals surface area contributed by atoms with Crippen LogP contribution in [0.25, 0.3) is 0 Å². The molecular formula is C9H14O3. The molecule has 0 radical (unpaired) electrons. The number of aliphatic hydroxyl groups excluding tert-OH is 1. The number of aliphatic hydroxyl groups is 1. The smallest absolute Gasteiger partial charge is 0.107 e. The lowest BCUT2D eigenvalue weighted by Crippen LogP contribution is -2.32. The van der Waals surface area contributed by atoms with E-state index in [9.17, 15) is 5.11 Å². The van der Waals surface area contributed by atoms with Crippen molar-refractivity contribution in [3.8, 4) is 12.3 Å². The van der Waals surface area contributed by atoms with E-state index in [1.54, 1.807) is 0 Å². The summed E-state index contributed by atoms with van der Waals surface area (Å²) in [6, 6.07) is 0. The Morgan fingerprint density at radius 2 is 2.50 bits per heavy atom. The molecule has 0 aromatic carbocycles. The fourth-order valence-corrected chi connectivity index (χ4v) is 1.23. The van der Waals surface area contributed by atoms with Gasteiger partial charge in [0.1, 0.15) is 6.61 Å². The Hall–Kier alpha value is -0.560. The van der Waals surface area contributed by atoms with Crippen LogP contribution in [0.5, 0.6) is 0 Å². The Labute approximate surface area is 72.7 Å². The lowest BCUT2D eigenvalue weighted by molar-refractivity contribution is -0.0747. The molecule has 0 amide bonds. The van der Waals surface area contributed by atoms with E-state index in [1.807, 2.05) is 0 Å². The molecule has 0 aromatic rings. The summed E-state index contributed by atoms with van der Waals surface area (Å²) >= 11 is 0. The monoisotopic (exact) mass is 170 g/mol. The SMILES string of the molecule is C#CCOC[C@H]1C[C@H](O)CCO1. The first-order chi connectivity index (χ1) is 5.83. The first-order valence-corrected chi connectivity index (χ1v) is 4.14. The van der Waals surface area contributed by atoms with Gasteiger partial charge in [-0.05, 0) is 6.42 Å². The van der Waals surface area contributed by atoms with E-state index < -0.39 is 0 Å². The zero-order chi connectivity index (χ0) is 8.81. The van der Waals surface area contributed by atoms with E-state index in [-0.39, 0.29) is 12.2 Å². The Morgan fingerprint density at radius 1 is 1.67 bits per heavy atom. The highest BCUT2D eigenvalue weighted by Gasteiger charge is 2.20. The second-order valence-corrected chi connectivity index (χ2v) is 2.89. The zero-order valence-corrected chi connectivity index (χ0v) is 7.03. The van der Waals surface area contributed by atoms with E-state index in [0.29, 0.717) is 26.2 Å². The van der Waals surface area contributed by atoms with Crippen molar-refractivity contribution in [2.45, 2.75) is 25.0 Å². The summed E-state index contributed by atoms with van der Waals surface area (Å²) in [6.07, 6.45) is 6.17. The quantitative estimate of drug-likeness (QED) is 0.485. The molecule has 0 unspecified atom stereocenters. The van der Waals surface area contributed by atoms with Gasteiger partial charge in [0, 0.05) is 13.0 Å². The molecular weight excluding hydrogens is 156 g/mol. The van der Waals surface area contributed by atoms with Crippen LogP contribution in [0.2, 0.25) is 0 Å². The predicted octanol–water partition coefficient (Wildman–Crippen LogP) is 0.176. The van der Waals surface area contributed by atoms with Crippen LogP contribution in [0.1, 0.15) is 12.8 Å². The Bertz CT molecular complexity index is 162. The largest absolute Gasteiger partial charge is 0.393 e. The average molecular weight is 170 g/mol. The molecule has 1 aliphatic rings. The lowest BCUT2D eigenvalue weighted by atomic mass is 10.1. The van der Waals surface area contributed by atoms with Gasteiger partial charge in [-0.25, -0.2) is 0 Å². The molecule has 0 aliphatic carbocycles. The van der Waals surface area contributed by atoms with Crippen LogP contribution in [0.15, 0.2) is 0 Å². The molecule has 68 valence electrons. The molecule has 1 rings (SSSR count). The molecule has 1 saturated heterocycles. The third-order valence-corrected chi connectivity index (χ3v) is 1.83. The average Bonchev–Trinajstić information content (AvgIpc) is 2.05. The maximum absolute atomic E-state index is 9.26. The maximum Gasteiger partial charge on any atom is 0.107 e. The standard InChI is InChI=1S/C9H14O3/c1-2-4-11-7-9-6-8(10)3-5-12-9/h1,8-10H,3-7H2/t8-,9-/m1/s1. The van der Waals surface area contributed by atoms with Crippen LogP contribution in [0, 0.1) is 12.3 Å². The van der Waals surface area contributed by atoms with Crippen molar-refractivity contribution >= 4 is 0 Å². The lowest BCUT2D eigenvalue weighted by Gasteiger charge is -2.25. The van der Waals surface area contributed by atoms with Gasteiger partial charge >= 0.3 is 0 Å². The van der Waals surface area contributed by atoms with E-state index >= 15 is 0 Å². The summed E-state index contributed by atoms with van der Waals surface area (Å²) in [5, 5.41) is 9.26. The molecule has 0 aromatic heterocycles. The van der Waals surface area contributed by atoms with Gasteiger partial charge in [0.05, 0.1) is 18.8 Å². The zero-order valence-electron chi connectivity index (χ0n) is 7.03. The Balaban J connectivity index is 2.11. The van der Waals surface area contributed by atoms with Gasteiger partial charge in [-0.1, -0.05) is 5.92 Å². The number of terminal acetylenes is 1. The predicted molar refractivity (Wildman–Crippen MR) is 44.6 cm³/mol.